The van der Waals surface area contributed by atoms with Crippen molar-refractivity contribution in [3.05, 3.63) is 11.6 Å². The van der Waals surface area contributed by atoms with Crippen molar-refractivity contribution in [2.45, 2.75) is 42.7 Å². The van der Waals surface area contributed by atoms with Crippen LogP contribution < -0.4 is 5.32 Å². The maximum atomic E-state index is 4.27. The quantitative estimate of drug-likeness (QED) is 0.560. The molecule has 86 valence electrons. The van der Waals surface area contributed by atoms with Crippen LogP contribution in [0, 0.1) is 0 Å². The molecule has 0 aromatic carbocycles. The molecule has 0 aliphatic carbocycles. The molecule has 1 heterocycles. The van der Waals surface area contributed by atoms with E-state index in [2.05, 4.69) is 24.1 Å². The molecule has 0 saturated heterocycles. The third-order valence-corrected chi connectivity index (χ3v) is 4.12. The van der Waals surface area contributed by atoms with Crippen LogP contribution in [0.4, 0.5) is 0 Å². The van der Waals surface area contributed by atoms with E-state index < -0.39 is 0 Å². The van der Waals surface area contributed by atoms with Crippen LogP contribution >= 0.6 is 23.1 Å². The minimum absolute atomic E-state index is 0.609. The fourth-order valence-corrected chi connectivity index (χ4v) is 3.20. The number of rotatable bonds is 8. The maximum Gasteiger partial charge on any atom is 0.150 e. The van der Waals surface area contributed by atoms with E-state index in [1.54, 1.807) is 11.3 Å². The molecule has 1 rings (SSSR count). The molecule has 2 nitrogen and oxygen atoms in total. The number of thioether (sulfide) groups is 1. The van der Waals surface area contributed by atoms with Crippen molar-refractivity contribution in [1.29, 1.82) is 0 Å². The Bertz CT molecular complexity index is 237. The molecule has 1 aromatic heterocycles. The van der Waals surface area contributed by atoms with Crippen LogP contribution in [0.25, 0.3) is 0 Å². The Morgan fingerprint density at radius 3 is 3.07 bits per heavy atom. The highest BCUT2D eigenvalue weighted by Crippen LogP contribution is 2.24. The van der Waals surface area contributed by atoms with Gasteiger partial charge in [0.2, 0.25) is 0 Å². The van der Waals surface area contributed by atoms with Gasteiger partial charge in [0.05, 0.1) is 0 Å². The predicted octanol–water partition coefficient (Wildman–Crippen LogP) is 3.40. The minimum atomic E-state index is 0.609. The first-order chi connectivity index (χ1) is 7.33. The first-order valence-electron chi connectivity index (χ1n) is 5.59. The fourth-order valence-electron chi connectivity index (χ4n) is 1.29. The lowest BCUT2D eigenvalue weighted by Gasteiger charge is -2.10. The van der Waals surface area contributed by atoms with E-state index in [1.165, 1.54) is 23.6 Å². The highest BCUT2D eigenvalue weighted by Gasteiger charge is 2.05. The van der Waals surface area contributed by atoms with E-state index in [9.17, 15) is 0 Å². The van der Waals surface area contributed by atoms with Crippen molar-refractivity contribution in [2.75, 3.05) is 13.1 Å². The SMILES string of the molecule is CCCCCNCC(C)Sc1nccs1. The van der Waals surface area contributed by atoms with Gasteiger partial charge in [0.15, 0.2) is 0 Å². The predicted molar refractivity (Wildman–Crippen MR) is 69.8 cm³/mol. The number of thiazole rings is 1. The highest BCUT2D eigenvalue weighted by atomic mass is 32.2. The molecule has 1 N–H and O–H groups in total. The van der Waals surface area contributed by atoms with Gasteiger partial charge in [-0.15, -0.1) is 11.3 Å². The number of hydrogen-bond donors (Lipinski definition) is 1. The molecule has 15 heavy (non-hydrogen) atoms. The molecule has 0 amide bonds. The summed E-state index contributed by atoms with van der Waals surface area (Å²) in [6.45, 7) is 6.71. The first-order valence-corrected chi connectivity index (χ1v) is 7.35. The second kappa shape index (κ2) is 8.13. The molecule has 0 bridgehead atoms. The molecule has 0 fully saturated rings. The topological polar surface area (TPSA) is 24.9 Å². The van der Waals surface area contributed by atoms with Gasteiger partial charge in [-0.2, -0.15) is 0 Å². The van der Waals surface area contributed by atoms with Crippen LogP contribution in [0.3, 0.4) is 0 Å². The summed E-state index contributed by atoms with van der Waals surface area (Å²) in [6, 6.07) is 0. The number of hydrogen-bond acceptors (Lipinski definition) is 4. The van der Waals surface area contributed by atoms with E-state index in [-0.39, 0.29) is 0 Å². The Kier molecular flexibility index (Phi) is 7.05. The van der Waals surface area contributed by atoms with Gasteiger partial charge in [-0.3, -0.25) is 0 Å². The fraction of sp³-hybridized carbons (Fsp3) is 0.727. The third-order valence-electron chi connectivity index (χ3n) is 2.10. The molecular weight excluding hydrogens is 224 g/mol. The normalized spacial score (nSPS) is 12.9. The van der Waals surface area contributed by atoms with E-state index in [4.69, 9.17) is 0 Å². The standard InChI is InChI=1S/C11H20N2S2/c1-3-4-5-6-12-9-10(2)15-11-13-7-8-14-11/h7-8,10,12H,3-6,9H2,1-2H3. The van der Waals surface area contributed by atoms with Crippen molar-refractivity contribution in [3.63, 3.8) is 0 Å². The summed E-state index contributed by atoms with van der Waals surface area (Å²) in [5.74, 6) is 0. The Morgan fingerprint density at radius 2 is 2.40 bits per heavy atom. The van der Waals surface area contributed by atoms with Crippen molar-refractivity contribution in [2.24, 2.45) is 0 Å². The summed E-state index contributed by atoms with van der Waals surface area (Å²) in [4.78, 5) is 4.27. The van der Waals surface area contributed by atoms with E-state index in [0.717, 1.165) is 13.1 Å². The molecule has 0 aliphatic rings. The van der Waals surface area contributed by atoms with Gasteiger partial charge in [0, 0.05) is 23.4 Å². The van der Waals surface area contributed by atoms with Gasteiger partial charge in [-0.25, -0.2) is 4.98 Å². The largest absolute Gasteiger partial charge is 0.316 e. The van der Waals surface area contributed by atoms with Crippen LogP contribution in [0.1, 0.15) is 33.1 Å². The van der Waals surface area contributed by atoms with Crippen molar-refractivity contribution in [1.82, 2.24) is 10.3 Å². The van der Waals surface area contributed by atoms with Crippen molar-refractivity contribution < 1.29 is 0 Å². The minimum Gasteiger partial charge on any atom is -0.316 e. The second-order valence-corrected chi connectivity index (χ2v) is 6.22. The van der Waals surface area contributed by atoms with Crippen molar-refractivity contribution in [3.8, 4) is 0 Å². The smallest absolute Gasteiger partial charge is 0.150 e. The Morgan fingerprint density at radius 1 is 1.53 bits per heavy atom. The zero-order chi connectivity index (χ0) is 10.9. The van der Waals surface area contributed by atoms with Gasteiger partial charge in [0.1, 0.15) is 4.34 Å². The third kappa shape index (κ3) is 6.17. The molecule has 0 spiro atoms. The summed E-state index contributed by atoms with van der Waals surface area (Å²) in [5.41, 5.74) is 0. The van der Waals surface area contributed by atoms with Gasteiger partial charge >= 0.3 is 0 Å². The second-order valence-electron chi connectivity index (χ2n) is 3.64. The summed E-state index contributed by atoms with van der Waals surface area (Å²) < 4.78 is 1.18. The Labute approximate surface area is 101 Å². The maximum absolute atomic E-state index is 4.27. The van der Waals surface area contributed by atoms with Crippen LogP contribution in [-0.2, 0) is 0 Å². The molecule has 1 unspecified atom stereocenters. The van der Waals surface area contributed by atoms with Gasteiger partial charge in [-0.05, 0) is 13.0 Å². The van der Waals surface area contributed by atoms with Crippen LogP contribution in [0.2, 0.25) is 0 Å². The molecule has 4 heteroatoms. The lowest BCUT2D eigenvalue weighted by atomic mass is 10.2. The molecule has 0 radical (unpaired) electrons. The summed E-state index contributed by atoms with van der Waals surface area (Å²) in [5, 5.41) is 6.13. The zero-order valence-electron chi connectivity index (χ0n) is 9.53. The lowest BCUT2D eigenvalue weighted by molar-refractivity contribution is 0.615. The summed E-state index contributed by atoms with van der Waals surface area (Å²) in [6.07, 6.45) is 5.80. The summed E-state index contributed by atoms with van der Waals surface area (Å²) in [7, 11) is 0. The zero-order valence-corrected chi connectivity index (χ0v) is 11.2. The van der Waals surface area contributed by atoms with Crippen LogP contribution in [0.15, 0.2) is 15.9 Å². The molecule has 0 saturated carbocycles. The summed E-state index contributed by atoms with van der Waals surface area (Å²) >= 11 is 3.58. The Balaban J connectivity index is 2.01. The molecule has 0 aliphatic heterocycles. The number of aromatic nitrogens is 1. The van der Waals surface area contributed by atoms with E-state index in [0.29, 0.717) is 5.25 Å². The van der Waals surface area contributed by atoms with E-state index in [1.807, 2.05) is 23.3 Å². The first kappa shape index (κ1) is 13.0. The molecular formula is C11H20N2S2. The van der Waals surface area contributed by atoms with Gasteiger partial charge in [0.25, 0.3) is 0 Å². The highest BCUT2D eigenvalue weighted by molar-refractivity contribution is 8.01. The van der Waals surface area contributed by atoms with E-state index >= 15 is 0 Å². The number of nitrogens with one attached hydrogen (secondary N) is 1. The number of unbranched alkanes of at least 4 members (excludes halogenated alkanes) is 2. The van der Waals surface area contributed by atoms with Gasteiger partial charge < -0.3 is 5.32 Å². The average Bonchev–Trinajstić information content (AvgIpc) is 2.70. The molecule has 1 aromatic rings. The van der Waals surface area contributed by atoms with Crippen LogP contribution in [0.5, 0.6) is 0 Å². The Hall–Kier alpha value is -0.0600. The molecule has 1 atom stereocenters. The van der Waals surface area contributed by atoms with Crippen molar-refractivity contribution >= 4 is 23.1 Å². The average molecular weight is 244 g/mol. The van der Waals surface area contributed by atoms with Crippen LogP contribution in [-0.4, -0.2) is 23.3 Å². The lowest BCUT2D eigenvalue weighted by Crippen LogP contribution is -2.23. The monoisotopic (exact) mass is 244 g/mol. The number of nitrogens with zero attached hydrogens (tertiary/aromatic N) is 1. The van der Waals surface area contributed by atoms with Gasteiger partial charge in [-0.1, -0.05) is 38.5 Å².